The van der Waals surface area contributed by atoms with Crippen LogP contribution in [-0.2, 0) is 9.59 Å². The quantitative estimate of drug-likeness (QED) is 0.772. The molecule has 1 aliphatic carbocycles. The molecule has 2 heterocycles. The van der Waals surface area contributed by atoms with E-state index in [9.17, 15) is 9.59 Å². The van der Waals surface area contributed by atoms with Crippen molar-refractivity contribution in [1.82, 2.24) is 10.2 Å². The Morgan fingerprint density at radius 2 is 1.58 bits per heavy atom. The van der Waals surface area contributed by atoms with Gasteiger partial charge < -0.3 is 5.32 Å². The van der Waals surface area contributed by atoms with Gasteiger partial charge in [0, 0.05) is 19.4 Å². The molecule has 0 spiro atoms. The summed E-state index contributed by atoms with van der Waals surface area (Å²) < 4.78 is 0. The van der Waals surface area contributed by atoms with Crippen molar-refractivity contribution >= 4 is 11.8 Å². The fourth-order valence-corrected chi connectivity index (χ4v) is 4.06. The van der Waals surface area contributed by atoms with Crippen LogP contribution in [0.4, 0.5) is 0 Å². The van der Waals surface area contributed by atoms with Crippen LogP contribution in [-0.4, -0.2) is 35.8 Å². The van der Waals surface area contributed by atoms with Gasteiger partial charge in [-0.1, -0.05) is 32.1 Å². The van der Waals surface area contributed by atoms with Crippen LogP contribution in [0.15, 0.2) is 0 Å². The molecule has 106 valence electrons. The number of amides is 2. The Hall–Kier alpha value is -0.900. The summed E-state index contributed by atoms with van der Waals surface area (Å²) in [5.74, 6) is 1.11. The maximum Gasteiger partial charge on any atom is 0.229 e. The molecule has 2 amide bonds. The third-order valence-corrected chi connectivity index (χ3v) is 5.13. The van der Waals surface area contributed by atoms with Crippen LogP contribution >= 0.6 is 0 Å². The first-order chi connectivity index (χ1) is 9.25. The number of carbonyl (C=O) groups is 2. The van der Waals surface area contributed by atoms with Crippen molar-refractivity contribution in [2.75, 3.05) is 13.1 Å². The number of piperidine rings is 1. The van der Waals surface area contributed by atoms with E-state index in [0.29, 0.717) is 24.7 Å². The molecule has 2 aliphatic heterocycles. The van der Waals surface area contributed by atoms with Gasteiger partial charge in [0.1, 0.15) is 0 Å². The fraction of sp³-hybridized carbons (Fsp3) is 0.867. The average molecular weight is 264 g/mol. The minimum Gasteiger partial charge on any atom is -0.315 e. The van der Waals surface area contributed by atoms with Gasteiger partial charge in [-0.15, -0.1) is 0 Å². The third kappa shape index (κ3) is 2.69. The Balaban J connectivity index is 1.64. The molecule has 0 aromatic rings. The normalized spacial score (nSPS) is 31.2. The summed E-state index contributed by atoms with van der Waals surface area (Å²) in [6.07, 6.45) is 8.45. The molecule has 0 aromatic carbocycles. The van der Waals surface area contributed by atoms with E-state index in [2.05, 4.69) is 5.32 Å². The van der Waals surface area contributed by atoms with E-state index in [-0.39, 0.29) is 17.9 Å². The van der Waals surface area contributed by atoms with Crippen molar-refractivity contribution in [3.8, 4) is 0 Å². The zero-order valence-electron chi connectivity index (χ0n) is 11.6. The molecule has 19 heavy (non-hydrogen) atoms. The van der Waals surface area contributed by atoms with Crippen LogP contribution in [0.5, 0.6) is 0 Å². The van der Waals surface area contributed by atoms with Gasteiger partial charge in [0.25, 0.3) is 0 Å². The lowest BCUT2D eigenvalue weighted by Gasteiger charge is -2.38. The van der Waals surface area contributed by atoms with Gasteiger partial charge in [-0.3, -0.25) is 14.5 Å². The predicted octanol–water partition coefficient (Wildman–Crippen LogP) is 1.69. The number of likely N-dealkylation sites (tertiary alicyclic amines) is 1. The summed E-state index contributed by atoms with van der Waals surface area (Å²) in [4.78, 5) is 26.2. The fourth-order valence-electron chi connectivity index (χ4n) is 4.06. The minimum atomic E-state index is 0.0838. The molecule has 1 atom stereocenters. The first-order valence-electron chi connectivity index (χ1n) is 7.81. The first kappa shape index (κ1) is 13.1. The van der Waals surface area contributed by atoms with Gasteiger partial charge in [0.2, 0.25) is 11.8 Å². The van der Waals surface area contributed by atoms with Gasteiger partial charge >= 0.3 is 0 Å². The molecule has 0 bridgehead atoms. The van der Waals surface area contributed by atoms with E-state index in [1.165, 1.54) is 32.1 Å². The van der Waals surface area contributed by atoms with Gasteiger partial charge in [-0.25, -0.2) is 0 Å². The number of imide groups is 1. The molecule has 3 aliphatic rings. The molecule has 0 radical (unpaired) electrons. The largest absolute Gasteiger partial charge is 0.315 e. The van der Waals surface area contributed by atoms with Gasteiger partial charge in [-0.05, 0) is 24.8 Å². The lowest BCUT2D eigenvalue weighted by atomic mass is 9.75. The van der Waals surface area contributed by atoms with E-state index in [1.54, 1.807) is 4.90 Å². The van der Waals surface area contributed by atoms with Crippen molar-refractivity contribution in [2.24, 2.45) is 11.8 Å². The Morgan fingerprint density at radius 3 is 2.16 bits per heavy atom. The minimum absolute atomic E-state index is 0.0838. The van der Waals surface area contributed by atoms with E-state index in [4.69, 9.17) is 0 Å². The SMILES string of the molecule is O=C1CC(C2CCCCC2)CC(=O)N1C1CCNC1. The summed E-state index contributed by atoms with van der Waals surface area (Å²) in [5, 5.41) is 3.24. The molecule has 1 saturated carbocycles. The number of rotatable bonds is 2. The summed E-state index contributed by atoms with van der Waals surface area (Å²) in [5.41, 5.74) is 0. The molecule has 4 nitrogen and oxygen atoms in total. The predicted molar refractivity (Wildman–Crippen MR) is 72.4 cm³/mol. The number of carbonyl (C=O) groups excluding carboxylic acids is 2. The summed E-state index contributed by atoms with van der Waals surface area (Å²) in [6, 6.07) is 0.118. The highest BCUT2D eigenvalue weighted by Crippen LogP contribution is 2.37. The number of hydrogen-bond donors (Lipinski definition) is 1. The van der Waals surface area contributed by atoms with E-state index in [0.717, 1.165) is 19.5 Å². The highest BCUT2D eigenvalue weighted by molar-refractivity contribution is 5.98. The smallest absolute Gasteiger partial charge is 0.229 e. The number of nitrogens with zero attached hydrogens (tertiary/aromatic N) is 1. The van der Waals surface area contributed by atoms with Crippen LogP contribution in [0.3, 0.4) is 0 Å². The molecular formula is C15H24N2O2. The Morgan fingerprint density at radius 1 is 0.895 bits per heavy atom. The van der Waals surface area contributed by atoms with E-state index in [1.807, 2.05) is 0 Å². The molecule has 1 unspecified atom stereocenters. The monoisotopic (exact) mass is 264 g/mol. The van der Waals surface area contributed by atoms with Crippen molar-refractivity contribution in [1.29, 1.82) is 0 Å². The first-order valence-corrected chi connectivity index (χ1v) is 7.81. The van der Waals surface area contributed by atoms with Crippen LogP contribution in [0, 0.1) is 11.8 Å². The molecule has 2 saturated heterocycles. The number of nitrogens with one attached hydrogen (secondary N) is 1. The summed E-state index contributed by atoms with van der Waals surface area (Å²) in [7, 11) is 0. The Labute approximate surface area is 114 Å². The maximum atomic E-state index is 12.3. The molecule has 3 rings (SSSR count). The summed E-state index contributed by atoms with van der Waals surface area (Å²) in [6.45, 7) is 1.71. The summed E-state index contributed by atoms with van der Waals surface area (Å²) >= 11 is 0. The van der Waals surface area contributed by atoms with E-state index < -0.39 is 0 Å². The van der Waals surface area contributed by atoms with Crippen molar-refractivity contribution < 1.29 is 9.59 Å². The van der Waals surface area contributed by atoms with Crippen molar-refractivity contribution in [3.05, 3.63) is 0 Å². The second-order valence-electron chi connectivity index (χ2n) is 6.37. The molecule has 1 N–H and O–H groups in total. The van der Waals surface area contributed by atoms with Gasteiger partial charge in [0.15, 0.2) is 0 Å². The standard InChI is InChI=1S/C15H24N2O2/c18-14-8-12(11-4-2-1-3-5-11)9-15(19)17(14)13-6-7-16-10-13/h11-13,16H,1-10H2. The molecule has 4 heteroatoms. The van der Waals surface area contributed by atoms with Crippen LogP contribution in [0.1, 0.15) is 51.4 Å². The molecular weight excluding hydrogens is 240 g/mol. The highest BCUT2D eigenvalue weighted by Gasteiger charge is 2.40. The van der Waals surface area contributed by atoms with Crippen LogP contribution < -0.4 is 5.32 Å². The Kier molecular flexibility index (Phi) is 3.87. The molecule has 3 fully saturated rings. The van der Waals surface area contributed by atoms with Crippen molar-refractivity contribution in [2.45, 2.75) is 57.4 Å². The maximum absolute atomic E-state index is 12.3. The van der Waals surface area contributed by atoms with Crippen molar-refractivity contribution in [3.63, 3.8) is 0 Å². The lowest BCUT2D eigenvalue weighted by Crippen LogP contribution is -2.51. The van der Waals surface area contributed by atoms with Gasteiger partial charge in [-0.2, -0.15) is 0 Å². The van der Waals surface area contributed by atoms with Gasteiger partial charge in [0.05, 0.1) is 6.04 Å². The number of hydrogen-bond acceptors (Lipinski definition) is 3. The zero-order chi connectivity index (χ0) is 13.2. The second-order valence-corrected chi connectivity index (χ2v) is 6.37. The van der Waals surface area contributed by atoms with Crippen LogP contribution in [0.25, 0.3) is 0 Å². The topological polar surface area (TPSA) is 49.4 Å². The second kappa shape index (κ2) is 5.61. The zero-order valence-corrected chi connectivity index (χ0v) is 11.6. The average Bonchev–Trinajstić information content (AvgIpc) is 2.93. The van der Waals surface area contributed by atoms with E-state index >= 15 is 0 Å². The Bertz CT molecular complexity index is 339. The van der Waals surface area contributed by atoms with Crippen LogP contribution in [0.2, 0.25) is 0 Å². The third-order valence-electron chi connectivity index (χ3n) is 5.13. The highest BCUT2D eigenvalue weighted by atomic mass is 16.2. The molecule has 0 aromatic heterocycles. The lowest BCUT2D eigenvalue weighted by molar-refractivity contribution is -0.153.